The maximum Gasteiger partial charge on any atom is 0.357 e. The number of unbranched alkanes of at least 4 members (excludes halogenated alkanes) is 6. The van der Waals surface area contributed by atoms with Gasteiger partial charge >= 0.3 is 5.97 Å². The molecule has 0 bridgehead atoms. The fourth-order valence-corrected chi connectivity index (χ4v) is 2.74. The van der Waals surface area contributed by atoms with Gasteiger partial charge in [0.05, 0.1) is 25.3 Å². The van der Waals surface area contributed by atoms with Gasteiger partial charge in [0.1, 0.15) is 5.75 Å². The molecule has 148 valence electrons. The van der Waals surface area contributed by atoms with E-state index in [1.54, 1.807) is 6.07 Å². The van der Waals surface area contributed by atoms with Gasteiger partial charge in [0.15, 0.2) is 0 Å². The molecule has 0 amide bonds. The van der Waals surface area contributed by atoms with Gasteiger partial charge < -0.3 is 14.7 Å². The molecule has 0 aromatic heterocycles. The van der Waals surface area contributed by atoms with Crippen molar-refractivity contribution >= 4 is 5.97 Å². The Kier molecular flexibility index (Phi) is 12.6. The first-order valence-electron chi connectivity index (χ1n) is 10.0. The molecular weight excluding hydrogens is 330 g/mol. The van der Waals surface area contributed by atoms with Crippen LogP contribution < -0.4 is 10.2 Å². The zero-order valence-electron chi connectivity index (χ0n) is 16.4. The standard InChI is InChI=1S/C21H35NO4/c1-3-5-7-8-9-11-18-17-19(25-16-10-6-4-2)12-13-20(18)21(24)26-22-14-15-23/h12-13,17,22-23H,3-11,14-16H2,1-2H3. The lowest BCUT2D eigenvalue weighted by atomic mass is 10.00. The van der Waals surface area contributed by atoms with Crippen LogP contribution in [0.2, 0.25) is 0 Å². The molecule has 0 saturated carbocycles. The maximum atomic E-state index is 12.3. The van der Waals surface area contributed by atoms with Crippen molar-refractivity contribution in [3.8, 4) is 5.75 Å². The van der Waals surface area contributed by atoms with E-state index in [9.17, 15) is 4.79 Å². The molecule has 2 N–H and O–H groups in total. The van der Waals surface area contributed by atoms with Gasteiger partial charge in [-0.2, -0.15) is 5.48 Å². The Morgan fingerprint density at radius 2 is 1.77 bits per heavy atom. The smallest absolute Gasteiger partial charge is 0.357 e. The number of benzene rings is 1. The number of ether oxygens (including phenoxy) is 1. The summed E-state index contributed by atoms with van der Waals surface area (Å²) in [6, 6.07) is 5.57. The predicted molar refractivity (Wildman–Crippen MR) is 104 cm³/mol. The summed E-state index contributed by atoms with van der Waals surface area (Å²) in [5, 5.41) is 8.78. The van der Waals surface area contributed by atoms with Gasteiger partial charge in [-0.05, 0) is 43.0 Å². The highest BCUT2D eigenvalue weighted by molar-refractivity contribution is 5.91. The third-order valence-electron chi connectivity index (χ3n) is 4.24. The van der Waals surface area contributed by atoms with Gasteiger partial charge in [0.25, 0.3) is 0 Å². The normalized spacial score (nSPS) is 10.7. The van der Waals surface area contributed by atoms with Crippen LogP contribution in [0.3, 0.4) is 0 Å². The Hall–Kier alpha value is -1.59. The van der Waals surface area contributed by atoms with Crippen molar-refractivity contribution in [3.05, 3.63) is 29.3 Å². The van der Waals surface area contributed by atoms with Crippen LogP contribution in [0, 0.1) is 0 Å². The molecular formula is C21H35NO4. The SMILES string of the molecule is CCCCCCCc1cc(OCCCCC)ccc1C(=O)ONCCO. The van der Waals surface area contributed by atoms with E-state index >= 15 is 0 Å². The number of aliphatic hydroxyl groups excluding tert-OH is 1. The molecule has 5 nitrogen and oxygen atoms in total. The first kappa shape index (κ1) is 22.5. The lowest BCUT2D eigenvalue weighted by Gasteiger charge is -2.13. The molecule has 26 heavy (non-hydrogen) atoms. The fraction of sp³-hybridized carbons (Fsp3) is 0.667. The molecule has 0 radical (unpaired) electrons. The van der Waals surface area contributed by atoms with Crippen LogP contribution >= 0.6 is 0 Å². The summed E-state index contributed by atoms with van der Waals surface area (Å²) in [5.41, 5.74) is 4.00. The molecule has 1 rings (SSSR count). The molecule has 1 aromatic carbocycles. The minimum atomic E-state index is -0.417. The number of hydroxylamine groups is 1. The number of aryl methyl sites for hydroxylation is 1. The van der Waals surface area contributed by atoms with Gasteiger partial charge in [0.2, 0.25) is 0 Å². The molecule has 0 atom stereocenters. The summed E-state index contributed by atoms with van der Waals surface area (Å²) in [6.07, 6.45) is 10.1. The topological polar surface area (TPSA) is 67.8 Å². The van der Waals surface area contributed by atoms with Crippen LogP contribution in [0.4, 0.5) is 0 Å². The quantitative estimate of drug-likeness (QED) is 0.356. The Balaban J connectivity index is 2.70. The Bertz CT molecular complexity index is 505. The molecule has 0 aliphatic carbocycles. The second kappa shape index (κ2) is 14.6. The van der Waals surface area contributed by atoms with Crippen molar-refractivity contribution in [2.75, 3.05) is 19.8 Å². The Morgan fingerprint density at radius 3 is 2.50 bits per heavy atom. The van der Waals surface area contributed by atoms with E-state index in [2.05, 4.69) is 19.3 Å². The third kappa shape index (κ3) is 9.20. The van der Waals surface area contributed by atoms with Crippen molar-refractivity contribution in [1.29, 1.82) is 0 Å². The predicted octanol–water partition coefficient (Wildman–Crippen LogP) is 4.42. The highest BCUT2D eigenvalue weighted by atomic mass is 16.7. The van der Waals surface area contributed by atoms with Crippen LogP contribution in [0.25, 0.3) is 0 Å². The minimum Gasteiger partial charge on any atom is -0.494 e. The van der Waals surface area contributed by atoms with E-state index < -0.39 is 5.97 Å². The Morgan fingerprint density at radius 1 is 1.04 bits per heavy atom. The lowest BCUT2D eigenvalue weighted by molar-refractivity contribution is 0.0222. The molecule has 5 heteroatoms. The van der Waals surface area contributed by atoms with Crippen molar-refractivity contribution in [2.45, 2.75) is 71.6 Å². The maximum absolute atomic E-state index is 12.3. The van der Waals surface area contributed by atoms with Crippen molar-refractivity contribution in [1.82, 2.24) is 5.48 Å². The zero-order valence-corrected chi connectivity index (χ0v) is 16.4. The molecule has 0 aliphatic rings. The number of carbonyl (C=O) groups is 1. The lowest BCUT2D eigenvalue weighted by Crippen LogP contribution is -2.23. The number of hydrogen-bond donors (Lipinski definition) is 2. The van der Waals surface area contributed by atoms with Crippen molar-refractivity contribution in [2.24, 2.45) is 0 Å². The second-order valence-electron chi connectivity index (χ2n) is 6.55. The first-order chi connectivity index (χ1) is 12.7. The number of carbonyl (C=O) groups excluding carboxylic acids is 1. The molecule has 0 heterocycles. The van der Waals surface area contributed by atoms with Gasteiger partial charge in [-0.1, -0.05) is 52.4 Å². The Labute approximate surface area is 158 Å². The van der Waals surface area contributed by atoms with Crippen LogP contribution in [0.1, 0.15) is 81.1 Å². The number of rotatable bonds is 15. The van der Waals surface area contributed by atoms with E-state index in [4.69, 9.17) is 14.7 Å². The molecule has 0 unspecified atom stereocenters. The minimum absolute atomic E-state index is 0.0812. The van der Waals surface area contributed by atoms with Gasteiger partial charge in [-0.3, -0.25) is 0 Å². The first-order valence-corrected chi connectivity index (χ1v) is 10.0. The summed E-state index contributed by atoms with van der Waals surface area (Å²) in [4.78, 5) is 17.3. The summed E-state index contributed by atoms with van der Waals surface area (Å²) in [7, 11) is 0. The van der Waals surface area contributed by atoms with Crippen molar-refractivity contribution in [3.63, 3.8) is 0 Å². The fourth-order valence-electron chi connectivity index (χ4n) is 2.74. The van der Waals surface area contributed by atoms with Gasteiger partial charge in [-0.25, -0.2) is 4.79 Å². The van der Waals surface area contributed by atoms with Gasteiger partial charge in [0, 0.05) is 0 Å². The second-order valence-corrected chi connectivity index (χ2v) is 6.55. The molecule has 1 aromatic rings. The van der Waals surface area contributed by atoms with E-state index in [-0.39, 0.29) is 13.2 Å². The average Bonchev–Trinajstić information content (AvgIpc) is 2.65. The summed E-state index contributed by atoms with van der Waals surface area (Å²) in [6.45, 7) is 5.21. The number of aliphatic hydroxyl groups is 1. The monoisotopic (exact) mass is 365 g/mol. The van der Waals surface area contributed by atoms with Crippen LogP contribution in [0.15, 0.2) is 18.2 Å². The number of nitrogens with one attached hydrogen (secondary N) is 1. The molecule has 0 fully saturated rings. The highest BCUT2D eigenvalue weighted by Gasteiger charge is 2.14. The molecule has 0 saturated heterocycles. The summed E-state index contributed by atoms with van der Waals surface area (Å²) >= 11 is 0. The van der Waals surface area contributed by atoms with E-state index in [0.29, 0.717) is 12.2 Å². The molecule has 0 aliphatic heterocycles. The summed E-state index contributed by atoms with van der Waals surface area (Å²) < 4.78 is 5.83. The summed E-state index contributed by atoms with van der Waals surface area (Å²) in [5.74, 6) is 0.393. The average molecular weight is 366 g/mol. The van der Waals surface area contributed by atoms with E-state index in [1.165, 1.54) is 19.3 Å². The highest BCUT2D eigenvalue weighted by Crippen LogP contribution is 2.22. The van der Waals surface area contributed by atoms with Gasteiger partial charge in [-0.15, -0.1) is 0 Å². The van der Waals surface area contributed by atoms with Crippen LogP contribution in [-0.2, 0) is 11.3 Å². The largest absolute Gasteiger partial charge is 0.494 e. The molecule has 0 spiro atoms. The third-order valence-corrected chi connectivity index (χ3v) is 4.24. The van der Waals surface area contributed by atoms with E-state index in [1.807, 2.05) is 12.1 Å². The zero-order chi connectivity index (χ0) is 19.0. The van der Waals surface area contributed by atoms with Crippen LogP contribution in [0.5, 0.6) is 5.75 Å². The number of hydrogen-bond acceptors (Lipinski definition) is 5. The van der Waals surface area contributed by atoms with Crippen molar-refractivity contribution < 1.29 is 19.5 Å². The van der Waals surface area contributed by atoms with Crippen LogP contribution in [-0.4, -0.2) is 30.8 Å². The van der Waals surface area contributed by atoms with E-state index in [0.717, 1.165) is 49.8 Å².